The van der Waals surface area contributed by atoms with E-state index in [0.29, 0.717) is 32.5 Å². The Morgan fingerprint density at radius 2 is 1.71 bits per heavy atom. The third kappa shape index (κ3) is 7.83. The molecule has 2 N–H and O–H groups in total. The van der Waals surface area contributed by atoms with Crippen molar-refractivity contribution < 1.29 is 27.4 Å². The molecule has 4 aliphatic heterocycles. The number of carbonyl (C=O) groups is 1. The van der Waals surface area contributed by atoms with Crippen LogP contribution in [0.25, 0.3) is 37.0 Å². The fourth-order valence-electron chi connectivity index (χ4n) is 11.6. The van der Waals surface area contributed by atoms with Crippen LogP contribution in [0.4, 0.5) is 24.0 Å². The van der Waals surface area contributed by atoms with Gasteiger partial charge in [-0.1, -0.05) is 109 Å². The van der Waals surface area contributed by atoms with Gasteiger partial charge in [-0.15, -0.1) is 11.3 Å². The van der Waals surface area contributed by atoms with Crippen molar-refractivity contribution in [3.05, 3.63) is 153 Å². The molecule has 0 bridgehead atoms. The number of anilines is 2. The summed E-state index contributed by atoms with van der Waals surface area (Å²) in [6.45, 7) is 10.1. The number of nitrogens with zero attached hydrogens (tertiary/aromatic N) is 8. The first-order chi connectivity index (χ1) is 35.0. The molecule has 0 aliphatic carbocycles. The van der Waals surface area contributed by atoms with E-state index in [0.717, 1.165) is 41.0 Å². The van der Waals surface area contributed by atoms with Gasteiger partial charge in [0.05, 0.1) is 31.8 Å². The Morgan fingerprint density at radius 1 is 1.03 bits per heavy atom. The molecule has 3 fully saturated rings. The molecular formula is C55H49ClF3N9O3S. The molecule has 1 amide bonds. The summed E-state index contributed by atoms with van der Waals surface area (Å²) in [5, 5.41) is 10.3. The van der Waals surface area contributed by atoms with E-state index >= 15 is 8.78 Å². The van der Waals surface area contributed by atoms with Gasteiger partial charge in [0.1, 0.15) is 59.7 Å². The molecule has 366 valence electrons. The average Bonchev–Trinajstić information content (AvgIpc) is 3.89. The second kappa shape index (κ2) is 18.9. The molecule has 6 heterocycles. The molecule has 17 heteroatoms. The largest absolute Gasteiger partial charge is 0.489 e. The van der Waals surface area contributed by atoms with Crippen LogP contribution >= 0.6 is 22.9 Å². The van der Waals surface area contributed by atoms with Gasteiger partial charge < -0.3 is 29.9 Å². The van der Waals surface area contributed by atoms with Crippen molar-refractivity contribution in [2.24, 2.45) is 0 Å². The van der Waals surface area contributed by atoms with Crippen molar-refractivity contribution in [2.45, 2.75) is 55.0 Å². The lowest BCUT2D eigenvalue weighted by Gasteiger charge is -2.38. The molecule has 0 radical (unpaired) electrons. The summed E-state index contributed by atoms with van der Waals surface area (Å²) in [4.78, 5) is 36.0. The summed E-state index contributed by atoms with van der Waals surface area (Å²) in [5.74, 6) is -1.33. The minimum atomic E-state index is -1.02. The highest BCUT2D eigenvalue weighted by Crippen LogP contribution is 2.52. The molecule has 7 aromatic rings. The third-order valence-corrected chi connectivity index (χ3v) is 16.4. The van der Waals surface area contributed by atoms with Gasteiger partial charge in [-0.3, -0.25) is 14.6 Å². The molecular weight excluding hydrogens is 959 g/mol. The Kier molecular flexibility index (Phi) is 12.4. The number of carbonyl (C=O) groups excluding carboxylic acids is 1. The Morgan fingerprint density at radius 3 is 2.36 bits per heavy atom. The standard InChI is InChI=1S/C55H49ClF3N9O3S/c1-62-28-37-31-70-48-44-47(46(59)43(45(48)56)38-20-21-40(58)49-42(38)39(27-60)50(61)72-49)63-53(71-32-54-22-12-24-66(54)29-36(57)26-54)64-51(44)67(37)25-13-23-65(2)52(69)41-30-68(41)55(33-14-6-3-7-15-33,34-16-8-4-9-17-34)35-18-10-5-11-19-35/h3-11,14-21,36-37,41H,12-13,22-26,28-32,61H2,2H3/t36-,37?,41?,54+,68?/m1/s1. The quantitative estimate of drug-likeness (QED) is 0.0639. The highest BCUT2D eigenvalue weighted by molar-refractivity contribution is 7.23. The molecule has 72 heavy (non-hydrogen) atoms. The number of nitrogens with two attached hydrogens (primary N) is 1. The molecule has 0 spiro atoms. The summed E-state index contributed by atoms with van der Waals surface area (Å²) in [7, 11) is 1.79. The molecule has 11 rings (SSSR count). The van der Waals surface area contributed by atoms with Crippen molar-refractivity contribution >= 4 is 60.7 Å². The van der Waals surface area contributed by atoms with Crippen LogP contribution in [0.5, 0.6) is 11.8 Å². The first-order valence-electron chi connectivity index (χ1n) is 24.1. The topological polar surface area (TPSA) is 128 Å². The van der Waals surface area contributed by atoms with E-state index in [4.69, 9.17) is 38.4 Å². The Balaban J connectivity index is 0.947. The average molecular weight is 1010 g/mol. The lowest BCUT2D eigenvalue weighted by atomic mass is 9.76. The van der Waals surface area contributed by atoms with E-state index in [2.05, 4.69) is 56.0 Å². The van der Waals surface area contributed by atoms with Crippen LogP contribution in [0, 0.1) is 29.5 Å². The highest BCUT2D eigenvalue weighted by Gasteiger charge is 2.56. The summed E-state index contributed by atoms with van der Waals surface area (Å²) >= 11 is 8.11. The Labute approximate surface area is 423 Å². The lowest BCUT2D eigenvalue weighted by molar-refractivity contribution is -0.130. The maximum absolute atomic E-state index is 17.8. The van der Waals surface area contributed by atoms with Crippen LogP contribution in [0.1, 0.15) is 47.9 Å². The van der Waals surface area contributed by atoms with E-state index < -0.39 is 41.0 Å². The number of rotatable bonds is 14. The zero-order valence-electron chi connectivity index (χ0n) is 39.3. The normalized spacial score (nSPS) is 21.5. The number of benzene rings is 5. The molecule has 4 aliphatic rings. The smallest absolute Gasteiger partial charge is 0.319 e. The predicted octanol–water partition coefficient (Wildman–Crippen LogP) is 9.86. The first-order valence-corrected chi connectivity index (χ1v) is 25.2. The van der Waals surface area contributed by atoms with Gasteiger partial charge in [0.15, 0.2) is 11.6 Å². The minimum Gasteiger partial charge on any atom is -0.489 e. The van der Waals surface area contributed by atoms with Gasteiger partial charge in [-0.25, -0.2) is 19.7 Å². The van der Waals surface area contributed by atoms with Gasteiger partial charge in [0.25, 0.3) is 0 Å². The number of amides is 1. The van der Waals surface area contributed by atoms with E-state index in [1.807, 2.05) is 65.6 Å². The zero-order valence-corrected chi connectivity index (χ0v) is 40.9. The molecule has 12 nitrogen and oxygen atoms in total. The number of hydrogen-bond acceptors (Lipinski definition) is 11. The highest BCUT2D eigenvalue weighted by atomic mass is 35.5. The van der Waals surface area contributed by atoms with E-state index in [1.165, 1.54) is 12.1 Å². The van der Waals surface area contributed by atoms with E-state index in [1.54, 1.807) is 11.9 Å². The van der Waals surface area contributed by atoms with E-state index in [-0.39, 0.29) is 104 Å². The molecule has 2 aromatic heterocycles. The van der Waals surface area contributed by atoms with Crippen LogP contribution in [-0.2, 0) is 10.3 Å². The Bertz CT molecular complexity index is 3220. The maximum atomic E-state index is 17.8. The summed E-state index contributed by atoms with van der Waals surface area (Å²) in [6.07, 6.45) is 1.25. The summed E-state index contributed by atoms with van der Waals surface area (Å²) in [5.41, 5.74) is 7.69. The van der Waals surface area contributed by atoms with Gasteiger partial charge in [0, 0.05) is 50.6 Å². The third-order valence-electron chi connectivity index (χ3n) is 15.0. The number of ether oxygens (including phenoxy) is 2. The first kappa shape index (κ1) is 47.4. The number of alkyl halides is 1. The number of likely N-dealkylation sites (N-methyl/N-ethyl adjacent to an activating group) is 1. The summed E-state index contributed by atoms with van der Waals surface area (Å²) in [6, 6.07) is 34.1. The number of halogens is 4. The van der Waals surface area contributed by atoms with Crippen molar-refractivity contribution in [1.82, 2.24) is 24.7 Å². The van der Waals surface area contributed by atoms with Crippen molar-refractivity contribution in [3.63, 3.8) is 0 Å². The van der Waals surface area contributed by atoms with E-state index in [9.17, 15) is 14.4 Å². The zero-order chi connectivity index (χ0) is 49.9. The number of fused-ring (bicyclic) bond motifs is 2. The molecule has 5 aromatic carbocycles. The van der Waals surface area contributed by atoms with Crippen molar-refractivity contribution in [1.29, 1.82) is 5.26 Å². The lowest BCUT2D eigenvalue weighted by Crippen LogP contribution is -2.44. The fourth-order valence-corrected chi connectivity index (χ4v) is 12.9. The fraction of sp³-hybridized carbons (Fsp3) is 0.327. The molecule has 3 saturated heterocycles. The van der Waals surface area contributed by atoms with Gasteiger partial charge in [0.2, 0.25) is 12.5 Å². The van der Waals surface area contributed by atoms with Gasteiger partial charge >= 0.3 is 6.01 Å². The number of nitrogen functional groups attached to an aromatic ring is 1. The SMILES string of the molecule is [C-]#[N+]CC1COc2c(Cl)c(-c3ccc(F)c4sc(N)c(C#N)c34)c(F)c3nc(OC[C@@]45CCCN4C[C@H](F)C5)nc(c23)N1CCCN(C)C(=O)C1CN1C(c1ccccc1)(c1ccccc1)c1ccccc1. The summed E-state index contributed by atoms with van der Waals surface area (Å²) < 4.78 is 61.0. The van der Waals surface area contributed by atoms with Crippen LogP contribution in [0.3, 0.4) is 0 Å². The van der Waals surface area contributed by atoms with Crippen LogP contribution in [0.15, 0.2) is 103 Å². The predicted molar refractivity (Wildman–Crippen MR) is 273 cm³/mol. The Hall–Kier alpha value is -6.95. The second-order valence-electron chi connectivity index (χ2n) is 19.1. The van der Waals surface area contributed by atoms with Gasteiger partial charge in [-0.2, -0.15) is 15.2 Å². The number of nitriles is 1. The number of aromatic nitrogens is 2. The number of thiophene rings is 1. The number of hydrogen-bond donors (Lipinski definition) is 1. The van der Waals surface area contributed by atoms with Gasteiger partial charge in [-0.05, 0) is 54.1 Å². The minimum absolute atomic E-state index is 0.0219. The van der Waals surface area contributed by atoms with Crippen molar-refractivity contribution in [3.8, 4) is 29.0 Å². The molecule has 3 unspecified atom stereocenters. The monoisotopic (exact) mass is 1010 g/mol. The van der Waals surface area contributed by atoms with Crippen LogP contribution < -0.4 is 20.1 Å². The van der Waals surface area contributed by atoms with Crippen LogP contribution in [0.2, 0.25) is 5.02 Å². The van der Waals surface area contributed by atoms with Crippen LogP contribution in [-0.4, -0.2) is 114 Å². The maximum Gasteiger partial charge on any atom is 0.319 e. The second-order valence-corrected chi connectivity index (χ2v) is 20.5. The molecule has 0 saturated carbocycles. The molecule has 5 atom stereocenters. The van der Waals surface area contributed by atoms with Crippen molar-refractivity contribution in [2.75, 3.05) is 70.2 Å².